The molecular weight excluding hydrogens is 503 g/mol. The number of ether oxygens (including phenoxy) is 2. The lowest BCUT2D eigenvalue weighted by Gasteiger charge is -2.35. The van der Waals surface area contributed by atoms with Gasteiger partial charge in [0.15, 0.2) is 5.96 Å². The van der Waals surface area contributed by atoms with E-state index in [2.05, 4.69) is 35.9 Å². The Bertz CT molecular complexity index is 500. The van der Waals surface area contributed by atoms with Crippen LogP contribution < -0.4 is 5.32 Å². The molecule has 0 aromatic carbocycles. The van der Waals surface area contributed by atoms with Gasteiger partial charge >= 0.3 is 0 Å². The second-order valence-corrected chi connectivity index (χ2v) is 9.73. The molecule has 182 valence electrons. The summed E-state index contributed by atoms with van der Waals surface area (Å²) in [6.45, 7) is 14.9. The molecule has 3 rings (SSSR count). The third-order valence-corrected chi connectivity index (χ3v) is 6.72. The summed E-state index contributed by atoms with van der Waals surface area (Å²) in [7, 11) is 0. The molecule has 0 spiro atoms. The molecule has 0 aromatic rings. The van der Waals surface area contributed by atoms with Gasteiger partial charge < -0.3 is 19.7 Å². The molecule has 0 bridgehead atoms. The van der Waals surface area contributed by atoms with E-state index in [-0.39, 0.29) is 24.0 Å². The maximum absolute atomic E-state index is 6.20. The van der Waals surface area contributed by atoms with Gasteiger partial charge in [-0.2, -0.15) is 0 Å². The number of piperidine rings is 1. The Kier molecular flexibility index (Phi) is 13.0. The van der Waals surface area contributed by atoms with Gasteiger partial charge in [-0.05, 0) is 77.3 Å². The van der Waals surface area contributed by atoms with Gasteiger partial charge in [0.25, 0.3) is 0 Å². The molecule has 0 aromatic heterocycles. The molecule has 2 atom stereocenters. The van der Waals surface area contributed by atoms with Crippen LogP contribution in [0, 0.1) is 5.92 Å². The van der Waals surface area contributed by atoms with Crippen LogP contribution in [0.1, 0.15) is 72.1 Å². The monoisotopic (exact) mass is 550 g/mol. The van der Waals surface area contributed by atoms with E-state index in [1.165, 1.54) is 45.2 Å². The van der Waals surface area contributed by atoms with Gasteiger partial charge in [-0.1, -0.05) is 13.8 Å². The SMILES string of the molecule is CCNC(=NCC(CC(C)C)N1CCCC1)N1CCC(OCC2CCCCO2)CC1.I. The summed E-state index contributed by atoms with van der Waals surface area (Å²) in [5.74, 6) is 1.81. The van der Waals surface area contributed by atoms with E-state index >= 15 is 0 Å². The molecule has 3 aliphatic rings. The highest BCUT2D eigenvalue weighted by Gasteiger charge is 2.26. The molecule has 0 aliphatic carbocycles. The van der Waals surface area contributed by atoms with Gasteiger partial charge in [0.05, 0.1) is 25.4 Å². The maximum Gasteiger partial charge on any atom is 0.193 e. The largest absolute Gasteiger partial charge is 0.376 e. The number of hydrogen-bond donors (Lipinski definition) is 1. The highest BCUT2D eigenvalue weighted by atomic mass is 127. The number of hydrogen-bond acceptors (Lipinski definition) is 4. The topological polar surface area (TPSA) is 49.3 Å². The normalized spacial score (nSPS) is 25.0. The molecule has 7 heteroatoms. The summed E-state index contributed by atoms with van der Waals surface area (Å²) < 4.78 is 12.0. The first kappa shape index (κ1) is 27.1. The van der Waals surface area contributed by atoms with Crippen LogP contribution in [-0.4, -0.2) is 86.5 Å². The molecule has 0 amide bonds. The van der Waals surface area contributed by atoms with E-state index in [1.807, 2.05) is 0 Å². The second-order valence-electron chi connectivity index (χ2n) is 9.73. The highest BCUT2D eigenvalue weighted by Crippen LogP contribution is 2.20. The molecule has 6 nitrogen and oxygen atoms in total. The number of halogens is 1. The summed E-state index contributed by atoms with van der Waals surface area (Å²) in [4.78, 5) is 10.2. The van der Waals surface area contributed by atoms with Gasteiger partial charge in [0.1, 0.15) is 0 Å². The minimum Gasteiger partial charge on any atom is -0.376 e. The second kappa shape index (κ2) is 14.9. The Balaban J connectivity index is 0.00000341. The minimum absolute atomic E-state index is 0. The van der Waals surface area contributed by atoms with Crippen molar-refractivity contribution in [1.82, 2.24) is 15.1 Å². The molecule has 3 aliphatic heterocycles. The zero-order valence-electron chi connectivity index (χ0n) is 20.2. The quantitative estimate of drug-likeness (QED) is 0.266. The summed E-state index contributed by atoms with van der Waals surface area (Å²) in [5.41, 5.74) is 0. The van der Waals surface area contributed by atoms with Crippen LogP contribution >= 0.6 is 24.0 Å². The molecular formula is C24H47IN4O2. The number of guanidine groups is 1. The first-order valence-corrected chi connectivity index (χ1v) is 12.7. The van der Waals surface area contributed by atoms with Gasteiger partial charge in [-0.25, -0.2) is 0 Å². The van der Waals surface area contributed by atoms with E-state index in [9.17, 15) is 0 Å². The molecule has 3 heterocycles. The van der Waals surface area contributed by atoms with Crippen molar-refractivity contribution in [2.45, 2.75) is 90.4 Å². The number of rotatable bonds is 9. The Morgan fingerprint density at radius 3 is 2.42 bits per heavy atom. The van der Waals surface area contributed by atoms with E-state index < -0.39 is 0 Å². The van der Waals surface area contributed by atoms with Gasteiger partial charge in [0, 0.05) is 32.3 Å². The van der Waals surface area contributed by atoms with Crippen LogP contribution in [0.5, 0.6) is 0 Å². The fourth-order valence-electron chi connectivity index (χ4n) is 5.02. The third-order valence-electron chi connectivity index (χ3n) is 6.72. The predicted octanol–water partition coefficient (Wildman–Crippen LogP) is 4.13. The lowest BCUT2D eigenvalue weighted by atomic mass is 10.0. The molecule has 0 radical (unpaired) electrons. The van der Waals surface area contributed by atoms with Gasteiger partial charge in [-0.3, -0.25) is 9.89 Å². The minimum atomic E-state index is 0. The van der Waals surface area contributed by atoms with Crippen LogP contribution in [-0.2, 0) is 9.47 Å². The van der Waals surface area contributed by atoms with E-state index in [4.69, 9.17) is 14.5 Å². The van der Waals surface area contributed by atoms with Crippen molar-refractivity contribution in [3.63, 3.8) is 0 Å². The van der Waals surface area contributed by atoms with Crippen molar-refractivity contribution >= 4 is 29.9 Å². The fraction of sp³-hybridized carbons (Fsp3) is 0.958. The van der Waals surface area contributed by atoms with Crippen molar-refractivity contribution in [2.24, 2.45) is 10.9 Å². The highest BCUT2D eigenvalue weighted by molar-refractivity contribution is 14.0. The van der Waals surface area contributed by atoms with Crippen molar-refractivity contribution < 1.29 is 9.47 Å². The van der Waals surface area contributed by atoms with Crippen LogP contribution in [0.3, 0.4) is 0 Å². The van der Waals surface area contributed by atoms with E-state index in [0.29, 0.717) is 18.2 Å². The average molecular weight is 551 g/mol. The molecule has 1 N–H and O–H groups in total. The predicted molar refractivity (Wildman–Crippen MR) is 140 cm³/mol. The Labute approximate surface area is 207 Å². The Hall–Kier alpha value is -0.120. The number of likely N-dealkylation sites (tertiary alicyclic amines) is 2. The zero-order chi connectivity index (χ0) is 21.2. The first-order chi connectivity index (χ1) is 14.7. The van der Waals surface area contributed by atoms with Crippen molar-refractivity contribution in [3.05, 3.63) is 0 Å². The van der Waals surface area contributed by atoms with Gasteiger partial charge in [-0.15, -0.1) is 24.0 Å². The molecule has 2 unspecified atom stereocenters. The number of nitrogens with one attached hydrogen (secondary N) is 1. The fourth-order valence-corrected chi connectivity index (χ4v) is 5.02. The van der Waals surface area contributed by atoms with Crippen molar-refractivity contribution in [1.29, 1.82) is 0 Å². The number of nitrogens with zero attached hydrogens (tertiary/aromatic N) is 3. The standard InChI is InChI=1S/C24H46N4O2.HI/c1-4-25-24(26-18-21(17-20(2)3)27-12-6-7-13-27)28-14-10-22(11-15-28)30-19-23-9-5-8-16-29-23;/h20-23H,4-19H2,1-3H3,(H,25,26);1H. The van der Waals surface area contributed by atoms with Crippen LogP contribution in [0.25, 0.3) is 0 Å². The Morgan fingerprint density at radius 1 is 1.06 bits per heavy atom. The summed E-state index contributed by atoms with van der Waals surface area (Å²) >= 11 is 0. The molecule has 3 saturated heterocycles. The summed E-state index contributed by atoms with van der Waals surface area (Å²) in [6.07, 6.45) is 10.4. The van der Waals surface area contributed by atoms with Crippen LogP contribution in [0.15, 0.2) is 4.99 Å². The maximum atomic E-state index is 6.20. The first-order valence-electron chi connectivity index (χ1n) is 12.7. The lowest BCUT2D eigenvalue weighted by Crippen LogP contribution is -2.48. The molecule has 3 fully saturated rings. The molecule has 0 saturated carbocycles. The molecule has 31 heavy (non-hydrogen) atoms. The van der Waals surface area contributed by atoms with Crippen molar-refractivity contribution in [2.75, 3.05) is 52.5 Å². The van der Waals surface area contributed by atoms with E-state index in [0.717, 1.165) is 70.5 Å². The van der Waals surface area contributed by atoms with Crippen molar-refractivity contribution in [3.8, 4) is 0 Å². The smallest absolute Gasteiger partial charge is 0.193 e. The average Bonchev–Trinajstić information content (AvgIpc) is 3.30. The zero-order valence-corrected chi connectivity index (χ0v) is 22.5. The third kappa shape index (κ3) is 9.33. The van der Waals surface area contributed by atoms with E-state index in [1.54, 1.807) is 0 Å². The lowest BCUT2D eigenvalue weighted by molar-refractivity contribution is -0.0721. The van der Waals surface area contributed by atoms with Crippen LogP contribution in [0.4, 0.5) is 0 Å². The summed E-state index contributed by atoms with van der Waals surface area (Å²) in [6, 6.07) is 0.581. The van der Waals surface area contributed by atoms with Gasteiger partial charge in [0.2, 0.25) is 0 Å². The Morgan fingerprint density at radius 2 is 1.81 bits per heavy atom. The summed E-state index contributed by atoms with van der Waals surface area (Å²) in [5, 5.41) is 3.55. The van der Waals surface area contributed by atoms with Crippen LogP contribution in [0.2, 0.25) is 0 Å². The number of aliphatic imine (C=N–C) groups is 1.